The molecule has 1 amide bonds. The fraction of sp³-hybridized carbons (Fsp3) is 0.632. The van der Waals surface area contributed by atoms with E-state index in [4.69, 9.17) is 0 Å². The van der Waals surface area contributed by atoms with E-state index < -0.39 is 0 Å². The number of benzene rings is 1. The Balaban J connectivity index is 1.52. The molecule has 2 N–H and O–H groups in total. The summed E-state index contributed by atoms with van der Waals surface area (Å²) in [6.45, 7) is 3.20. The van der Waals surface area contributed by atoms with Gasteiger partial charge in [0.15, 0.2) is 0 Å². The van der Waals surface area contributed by atoms with Crippen LogP contribution in [0, 0.1) is 0 Å². The normalized spacial score (nSPS) is 22.1. The summed E-state index contributed by atoms with van der Waals surface area (Å²) in [5, 5.41) is 6.61. The molecule has 120 valence electrons. The summed E-state index contributed by atoms with van der Waals surface area (Å²) in [6.07, 6.45) is 9.07. The first-order valence-electron chi connectivity index (χ1n) is 8.87. The first kappa shape index (κ1) is 15.5. The van der Waals surface area contributed by atoms with E-state index in [1.54, 1.807) is 0 Å². The highest BCUT2D eigenvalue weighted by Gasteiger charge is 2.17. The van der Waals surface area contributed by atoms with Crippen LogP contribution >= 0.6 is 0 Å². The summed E-state index contributed by atoms with van der Waals surface area (Å²) in [5.41, 5.74) is 4.23. The predicted octanol–water partition coefficient (Wildman–Crippen LogP) is 3.27. The minimum Gasteiger partial charge on any atom is -0.350 e. The van der Waals surface area contributed by atoms with Gasteiger partial charge in [-0.25, -0.2) is 0 Å². The van der Waals surface area contributed by atoms with E-state index in [2.05, 4.69) is 35.8 Å². The largest absolute Gasteiger partial charge is 0.350 e. The molecule has 3 nitrogen and oxygen atoms in total. The van der Waals surface area contributed by atoms with Crippen LogP contribution in [0.4, 0.5) is 0 Å². The number of carbonyl (C=O) groups is 1. The van der Waals surface area contributed by atoms with Gasteiger partial charge < -0.3 is 10.6 Å². The Morgan fingerprint density at radius 1 is 1.27 bits per heavy atom. The van der Waals surface area contributed by atoms with Crippen molar-refractivity contribution >= 4 is 5.91 Å². The van der Waals surface area contributed by atoms with Crippen molar-refractivity contribution in [3.05, 3.63) is 34.9 Å². The molecule has 1 saturated heterocycles. The quantitative estimate of drug-likeness (QED) is 0.876. The van der Waals surface area contributed by atoms with Gasteiger partial charge in [0.1, 0.15) is 0 Å². The van der Waals surface area contributed by atoms with Crippen LogP contribution in [0.25, 0.3) is 0 Å². The van der Waals surface area contributed by atoms with Gasteiger partial charge in [-0.1, -0.05) is 18.2 Å². The maximum atomic E-state index is 12.1. The lowest BCUT2D eigenvalue weighted by molar-refractivity contribution is -0.121. The topological polar surface area (TPSA) is 41.1 Å². The number of carbonyl (C=O) groups excluding carboxylic acids is 1. The van der Waals surface area contributed by atoms with Crippen LogP contribution in [0.2, 0.25) is 0 Å². The van der Waals surface area contributed by atoms with Gasteiger partial charge in [0.2, 0.25) is 5.91 Å². The highest BCUT2D eigenvalue weighted by molar-refractivity contribution is 5.76. The zero-order valence-corrected chi connectivity index (χ0v) is 13.7. The number of aryl methyl sites for hydroxylation is 2. The maximum Gasteiger partial charge on any atom is 0.220 e. The Morgan fingerprint density at radius 3 is 2.86 bits per heavy atom. The van der Waals surface area contributed by atoms with E-state index in [9.17, 15) is 4.79 Å². The van der Waals surface area contributed by atoms with Crippen molar-refractivity contribution in [2.24, 2.45) is 0 Å². The maximum absolute atomic E-state index is 12.1. The minimum atomic E-state index is 0.108. The Hall–Kier alpha value is -1.35. The molecular formula is C19H28N2O. The van der Waals surface area contributed by atoms with Gasteiger partial charge in [0, 0.05) is 12.5 Å². The second kappa shape index (κ2) is 7.28. The monoisotopic (exact) mass is 300 g/mol. The van der Waals surface area contributed by atoms with Gasteiger partial charge in [-0.05, 0) is 75.1 Å². The van der Waals surface area contributed by atoms with Gasteiger partial charge in [-0.3, -0.25) is 4.79 Å². The molecule has 0 radical (unpaired) electrons. The van der Waals surface area contributed by atoms with Crippen LogP contribution in [0.3, 0.4) is 0 Å². The number of hydrogen-bond acceptors (Lipinski definition) is 2. The van der Waals surface area contributed by atoms with Gasteiger partial charge >= 0.3 is 0 Å². The molecule has 0 bridgehead atoms. The average molecular weight is 300 g/mol. The van der Waals surface area contributed by atoms with Crippen LogP contribution in [-0.4, -0.2) is 18.5 Å². The summed E-state index contributed by atoms with van der Waals surface area (Å²) in [4.78, 5) is 12.1. The van der Waals surface area contributed by atoms with E-state index in [0.29, 0.717) is 12.5 Å². The first-order valence-corrected chi connectivity index (χ1v) is 8.87. The van der Waals surface area contributed by atoms with Crippen molar-refractivity contribution in [3.63, 3.8) is 0 Å². The molecule has 2 aliphatic rings. The number of rotatable bonds is 5. The number of hydrogen-bond donors (Lipinski definition) is 2. The molecule has 1 aliphatic carbocycles. The lowest BCUT2D eigenvalue weighted by atomic mass is 9.89. The molecule has 2 unspecified atom stereocenters. The van der Waals surface area contributed by atoms with E-state index >= 15 is 0 Å². The highest BCUT2D eigenvalue weighted by atomic mass is 16.1. The number of amides is 1. The van der Waals surface area contributed by atoms with E-state index in [1.165, 1.54) is 55.2 Å². The molecule has 1 aliphatic heterocycles. The average Bonchev–Trinajstić information content (AvgIpc) is 3.06. The van der Waals surface area contributed by atoms with Crippen LogP contribution in [0.15, 0.2) is 18.2 Å². The molecule has 0 saturated carbocycles. The summed E-state index contributed by atoms with van der Waals surface area (Å²) >= 11 is 0. The smallest absolute Gasteiger partial charge is 0.220 e. The minimum absolute atomic E-state index is 0.108. The van der Waals surface area contributed by atoms with Crippen molar-refractivity contribution in [3.8, 4) is 0 Å². The Bertz CT molecular complexity index is 520. The second-order valence-electron chi connectivity index (χ2n) is 6.86. The van der Waals surface area contributed by atoms with Crippen molar-refractivity contribution in [1.29, 1.82) is 0 Å². The van der Waals surface area contributed by atoms with E-state index in [-0.39, 0.29) is 11.9 Å². The molecule has 1 aromatic rings. The second-order valence-corrected chi connectivity index (χ2v) is 6.86. The molecule has 0 aromatic heterocycles. The first-order chi connectivity index (χ1) is 10.7. The fourth-order valence-corrected chi connectivity index (χ4v) is 3.73. The summed E-state index contributed by atoms with van der Waals surface area (Å²) in [5.74, 6) is 0.180. The lowest BCUT2D eigenvalue weighted by Gasteiger charge is -2.20. The van der Waals surface area contributed by atoms with Crippen molar-refractivity contribution in [2.75, 3.05) is 6.54 Å². The Labute approximate surface area is 133 Å². The Kier molecular flexibility index (Phi) is 5.14. The molecule has 1 fully saturated rings. The SMILES string of the molecule is CC(NC(=O)CCC1CCCN1)c1ccc2c(c1)CCCC2. The zero-order valence-electron chi connectivity index (χ0n) is 13.7. The summed E-state index contributed by atoms with van der Waals surface area (Å²) in [7, 11) is 0. The van der Waals surface area contributed by atoms with Crippen molar-refractivity contribution in [2.45, 2.75) is 70.4 Å². The predicted molar refractivity (Wildman–Crippen MR) is 89.9 cm³/mol. The fourth-order valence-electron chi connectivity index (χ4n) is 3.73. The van der Waals surface area contributed by atoms with E-state index in [0.717, 1.165) is 13.0 Å². The van der Waals surface area contributed by atoms with Crippen LogP contribution < -0.4 is 10.6 Å². The Morgan fingerprint density at radius 2 is 2.09 bits per heavy atom. The molecule has 1 heterocycles. The molecular weight excluding hydrogens is 272 g/mol. The van der Waals surface area contributed by atoms with Crippen LogP contribution in [0.5, 0.6) is 0 Å². The van der Waals surface area contributed by atoms with Gasteiger partial charge in [0.25, 0.3) is 0 Å². The summed E-state index contributed by atoms with van der Waals surface area (Å²) < 4.78 is 0. The third-order valence-corrected chi connectivity index (χ3v) is 5.13. The highest BCUT2D eigenvalue weighted by Crippen LogP contribution is 2.24. The molecule has 1 aromatic carbocycles. The molecule has 3 rings (SSSR count). The van der Waals surface area contributed by atoms with Crippen molar-refractivity contribution < 1.29 is 4.79 Å². The standard InChI is InChI=1S/C19H28N2O/c1-14(21-19(22)11-10-18-7-4-12-20-18)16-9-8-15-5-2-3-6-17(15)13-16/h8-9,13-14,18,20H,2-7,10-12H2,1H3,(H,21,22). The van der Waals surface area contributed by atoms with Crippen LogP contribution in [0.1, 0.15) is 68.2 Å². The van der Waals surface area contributed by atoms with Gasteiger partial charge in [-0.2, -0.15) is 0 Å². The molecule has 3 heteroatoms. The van der Waals surface area contributed by atoms with E-state index in [1.807, 2.05) is 0 Å². The molecule has 0 spiro atoms. The zero-order chi connectivity index (χ0) is 15.4. The third-order valence-electron chi connectivity index (χ3n) is 5.13. The van der Waals surface area contributed by atoms with Crippen molar-refractivity contribution in [1.82, 2.24) is 10.6 Å². The molecule has 22 heavy (non-hydrogen) atoms. The number of fused-ring (bicyclic) bond motifs is 1. The lowest BCUT2D eigenvalue weighted by Crippen LogP contribution is -2.29. The van der Waals surface area contributed by atoms with Gasteiger partial charge in [-0.15, -0.1) is 0 Å². The molecule has 2 atom stereocenters. The third kappa shape index (κ3) is 3.89. The number of nitrogens with one attached hydrogen (secondary N) is 2. The van der Waals surface area contributed by atoms with Gasteiger partial charge in [0.05, 0.1) is 6.04 Å². The van der Waals surface area contributed by atoms with Crippen LogP contribution in [-0.2, 0) is 17.6 Å². The summed E-state index contributed by atoms with van der Waals surface area (Å²) in [6, 6.07) is 7.40.